The van der Waals surface area contributed by atoms with Gasteiger partial charge >= 0.3 is 6.03 Å². The van der Waals surface area contributed by atoms with Crippen LogP contribution in [0.5, 0.6) is 11.5 Å². The van der Waals surface area contributed by atoms with Crippen LogP contribution in [-0.2, 0) is 0 Å². The van der Waals surface area contributed by atoms with Crippen LogP contribution >= 0.6 is 0 Å². The van der Waals surface area contributed by atoms with Gasteiger partial charge in [0.2, 0.25) is 0 Å². The van der Waals surface area contributed by atoms with Gasteiger partial charge < -0.3 is 25.5 Å². The standard InChI is InChI=1S/C18H22N2O4/c1-12(2)20(18(24)19-14-6-4-3-5-7-14)11-17(23)13-8-9-15(21)16(22)10-13/h3-10,12,17,21-23H,11H2,1-2H3,(H,19,24). The van der Waals surface area contributed by atoms with Gasteiger partial charge in [-0.2, -0.15) is 0 Å². The summed E-state index contributed by atoms with van der Waals surface area (Å²) in [5.74, 6) is -0.565. The first kappa shape index (κ1) is 17.6. The molecule has 0 bridgehead atoms. The molecule has 4 N–H and O–H groups in total. The lowest BCUT2D eigenvalue weighted by Crippen LogP contribution is -2.42. The number of urea groups is 1. The second-order valence-electron chi connectivity index (χ2n) is 5.81. The number of aliphatic hydroxyl groups excluding tert-OH is 1. The molecule has 0 heterocycles. The van der Waals surface area contributed by atoms with Crippen molar-refractivity contribution in [2.24, 2.45) is 0 Å². The molecule has 24 heavy (non-hydrogen) atoms. The number of aliphatic hydroxyl groups is 1. The second kappa shape index (κ2) is 7.70. The smallest absolute Gasteiger partial charge is 0.322 e. The van der Waals surface area contributed by atoms with Crippen molar-refractivity contribution in [3.05, 3.63) is 54.1 Å². The molecule has 1 atom stereocenters. The number of phenolic OH excluding ortho intramolecular Hbond substituents is 2. The Labute approximate surface area is 141 Å². The van der Waals surface area contributed by atoms with Crippen molar-refractivity contribution in [3.63, 3.8) is 0 Å². The summed E-state index contributed by atoms with van der Waals surface area (Å²) in [7, 11) is 0. The Kier molecular flexibility index (Phi) is 5.65. The monoisotopic (exact) mass is 330 g/mol. The highest BCUT2D eigenvalue weighted by Crippen LogP contribution is 2.28. The number of nitrogens with zero attached hydrogens (tertiary/aromatic N) is 1. The summed E-state index contributed by atoms with van der Waals surface area (Å²) in [6, 6.07) is 12.7. The maximum Gasteiger partial charge on any atom is 0.322 e. The first-order valence-corrected chi connectivity index (χ1v) is 7.71. The predicted octanol–water partition coefficient (Wildman–Crippen LogP) is 3.07. The van der Waals surface area contributed by atoms with Crippen LogP contribution in [0.2, 0.25) is 0 Å². The summed E-state index contributed by atoms with van der Waals surface area (Å²) in [5, 5.41) is 32.0. The average Bonchev–Trinajstić information content (AvgIpc) is 2.55. The quantitative estimate of drug-likeness (QED) is 0.634. The topological polar surface area (TPSA) is 93.0 Å². The molecule has 2 rings (SSSR count). The molecule has 2 aromatic carbocycles. The van der Waals surface area contributed by atoms with Crippen LogP contribution in [0.15, 0.2) is 48.5 Å². The van der Waals surface area contributed by atoms with Crippen molar-refractivity contribution in [1.82, 2.24) is 4.90 Å². The van der Waals surface area contributed by atoms with E-state index in [1.54, 1.807) is 12.1 Å². The van der Waals surface area contributed by atoms with E-state index in [0.29, 0.717) is 11.3 Å². The molecule has 0 spiro atoms. The summed E-state index contributed by atoms with van der Waals surface area (Å²) in [4.78, 5) is 14.0. The van der Waals surface area contributed by atoms with Gasteiger partial charge in [-0.25, -0.2) is 4.79 Å². The number of anilines is 1. The van der Waals surface area contributed by atoms with Crippen LogP contribution in [0.1, 0.15) is 25.5 Å². The molecule has 2 amide bonds. The zero-order chi connectivity index (χ0) is 17.7. The van der Waals surface area contributed by atoms with E-state index in [2.05, 4.69) is 5.32 Å². The number of amides is 2. The zero-order valence-electron chi connectivity index (χ0n) is 13.7. The summed E-state index contributed by atoms with van der Waals surface area (Å²) < 4.78 is 0. The van der Waals surface area contributed by atoms with Gasteiger partial charge in [-0.15, -0.1) is 0 Å². The molecule has 1 unspecified atom stereocenters. The third-order valence-electron chi connectivity index (χ3n) is 3.66. The number of carbonyl (C=O) groups excluding carboxylic acids is 1. The molecule has 0 aliphatic rings. The van der Waals surface area contributed by atoms with Crippen LogP contribution in [0.25, 0.3) is 0 Å². The molecule has 0 aliphatic heterocycles. The molecule has 6 nitrogen and oxygen atoms in total. The molecule has 2 aromatic rings. The van der Waals surface area contributed by atoms with Crippen molar-refractivity contribution in [3.8, 4) is 11.5 Å². The summed E-state index contributed by atoms with van der Waals surface area (Å²) >= 11 is 0. The third kappa shape index (κ3) is 4.39. The number of para-hydroxylation sites is 1. The summed E-state index contributed by atoms with van der Waals surface area (Å²) in [6.07, 6.45) is -0.986. The first-order chi connectivity index (χ1) is 11.4. The molecule has 0 radical (unpaired) electrons. The molecule has 0 saturated heterocycles. The first-order valence-electron chi connectivity index (χ1n) is 7.71. The lowest BCUT2D eigenvalue weighted by Gasteiger charge is -2.29. The molecule has 0 aromatic heterocycles. The van der Waals surface area contributed by atoms with Gasteiger partial charge in [0.15, 0.2) is 11.5 Å². The Bertz CT molecular complexity index is 689. The van der Waals surface area contributed by atoms with E-state index in [1.165, 1.54) is 23.1 Å². The van der Waals surface area contributed by atoms with Crippen LogP contribution in [-0.4, -0.2) is 38.8 Å². The number of rotatable bonds is 5. The van der Waals surface area contributed by atoms with E-state index in [4.69, 9.17) is 0 Å². The Morgan fingerprint density at radius 1 is 1.08 bits per heavy atom. The minimum Gasteiger partial charge on any atom is -0.504 e. The number of benzene rings is 2. The second-order valence-corrected chi connectivity index (χ2v) is 5.81. The molecule has 6 heteroatoms. The van der Waals surface area contributed by atoms with Crippen molar-refractivity contribution in [2.75, 3.05) is 11.9 Å². The predicted molar refractivity (Wildman–Crippen MR) is 92.0 cm³/mol. The van der Waals surface area contributed by atoms with E-state index in [-0.39, 0.29) is 30.1 Å². The van der Waals surface area contributed by atoms with E-state index in [0.717, 1.165) is 0 Å². The van der Waals surface area contributed by atoms with Gasteiger partial charge in [-0.05, 0) is 43.7 Å². The van der Waals surface area contributed by atoms with Gasteiger partial charge in [-0.3, -0.25) is 0 Å². The van der Waals surface area contributed by atoms with Crippen LogP contribution < -0.4 is 5.32 Å². The van der Waals surface area contributed by atoms with Crippen molar-refractivity contribution in [1.29, 1.82) is 0 Å². The molecular weight excluding hydrogens is 308 g/mol. The number of hydrogen-bond acceptors (Lipinski definition) is 4. The SMILES string of the molecule is CC(C)N(CC(O)c1ccc(O)c(O)c1)C(=O)Nc1ccccc1. The molecule has 0 aliphatic carbocycles. The number of nitrogens with one attached hydrogen (secondary N) is 1. The minimum absolute atomic E-state index is 0.0561. The van der Waals surface area contributed by atoms with E-state index < -0.39 is 6.10 Å². The lowest BCUT2D eigenvalue weighted by molar-refractivity contribution is 0.113. The Hall–Kier alpha value is -2.73. The molecular formula is C18H22N2O4. The van der Waals surface area contributed by atoms with Crippen LogP contribution in [0.3, 0.4) is 0 Å². The average molecular weight is 330 g/mol. The highest BCUT2D eigenvalue weighted by molar-refractivity contribution is 5.89. The number of hydrogen-bond donors (Lipinski definition) is 4. The number of phenols is 2. The van der Waals surface area contributed by atoms with Gasteiger partial charge in [0.05, 0.1) is 12.6 Å². The summed E-state index contributed by atoms with van der Waals surface area (Å²) in [6.45, 7) is 3.76. The maximum absolute atomic E-state index is 12.5. The van der Waals surface area contributed by atoms with Crippen LogP contribution in [0.4, 0.5) is 10.5 Å². The number of aromatic hydroxyl groups is 2. The molecule has 128 valence electrons. The van der Waals surface area contributed by atoms with Gasteiger partial charge in [0.1, 0.15) is 0 Å². The van der Waals surface area contributed by atoms with E-state index in [9.17, 15) is 20.1 Å². The van der Waals surface area contributed by atoms with Gasteiger partial charge in [-0.1, -0.05) is 24.3 Å². The molecule has 0 fully saturated rings. The van der Waals surface area contributed by atoms with Crippen molar-refractivity contribution in [2.45, 2.75) is 26.0 Å². The Morgan fingerprint density at radius 3 is 2.33 bits per heavy atom. The lowest BCUT2D eigenvalue weighted by atomic mass is 10.1. The van der Waals surface area contributed by atoms with Crippen molar-refractivity contribution < 1.29 is 20.1 Å². The highest BCUT2D eigenvalue weighted by atomic mass is 16.3. The number of carbonyl (C=O) groups is 1. The van der Waals surface area contributed by atoms with E-state index >= 15 is 0 Å². The Balaban J connectivity index is 2.09. The fraction of sp³-hybridized carbons (Fsp3) is 0.278. The summed E-state index contributed by atoms with van der Waals surface area (Å²) in [5.41, 5.74) is 1.09. The zero-order valence-corrected chi connectivity index (χ0v) is 13.7. The highest BCUT2D eigenvalue weighted by Gasteiger charge is 2.22. The van der Waals surface area contributed by atoms with Gasteiger partial charge in [0, 0.05) is 11.7 Å². The van der Waals surface area contributed by atoms with Crippen molar-refractivity contribution >= 4 is 11.7 Å². The molecule has 0 saturated carbocycles. The third-order valence-corrected chi connectivity index (χ3v) is 3.66. The van der Waals surface area contributed by atoms with E-state index in [1.807, 2.05) is 32.0 Å². The van der Waals surface area contributed by atoms with Crippen LogP contribution in [0, 0.1) is 0 Å². The largest absolute Gasteiger partial charge is 0.504 e. The maximum atomic E-state index is 12.5. The normalized spacial score (nSPS) is 12.0. The van der Waals surface area contributed by atoms with Gasteiger partial charge in [0.25, 0.3) is 0 Å². The fourth-order valence-electron chi connectivity index (χ4n) is 2.28. The minimum atomic E-state index is -0.986. The Morgan fingerprint density at radius 2 is 1.75 bits per heavy atom. The fourth-order valence-corrected chi connectivity index (χ4v) is 2.28.